The lowest BCUT2D eigenvalue weighted by Gasteiger charge is -2.21. The van der Waals surface area contributed by atoms with Crippen LogP contribution in [0.25, 0.3) is 0 Å². The molecule has 0 aliphatic carbocycles. The van der Waals surface area contributed by atoms with Crippen molar-refractivity contribution in [2.45, 2.75) is 341 Å². The number of phosphoric acid groups is 2. The number of unbranched alkanes of at least 4 members (excludes halogenated alkanes) is 26. The van der Waals surface area contributed by atoms with Crippen LogP contribution >= 0.6 is 15.6 Å². The van der Waals surface area contributed by atoms with Gasteiger partial charge in [-0.05, 0) is 161 Å². The molecule has 0 bridgehead atoms. The summed E-state index contributed by atoms with van der Waals surface area (Å²) in [5.41, 5.74) is 0. The van der Waals surface area contributed by atoms with Gasteiger partial charge >= 0.3 is 39.5 Å². The van der Waals surface area contributed by atoms with Crippen LogP contribution in [0.5, 0.6) is 0 Å². The molecule has 19 heteroatoms. The van der Waals surface area contributed by atoms with Crippen molar-refractivity contribution in [1.82, 2.24) is 0 Å². The molecule has 3 N–H and O–H groups in total. The van der Waals surface area contributed by atoms with Crippen molar-refractivity contribution in [3.8, 4) is 0 Å². The van der Waals surface area contributed by atoms with Crippen LogP contribution in [0, 0.1) is 0 Å². The predicted octanol–water partition coefficient (Wildman–Crippen LogP) is 24.2. The Hall–Kier alpha value is -5.06. The SMILES string of the molecule is CC/C=C\C/C=C\C/C=C\C/C=C\CCCCCCC(=O)OCC(COP(=O)(O)OCC(O)COP(=O)(O)OCC(COC(=O)CCCCCCCC/C=C\C/C=C\C/C=C\CCCCC)OC(=O)CCCCCCCCC/C=C\C/C=C\C/C=C\CC)OC(=O)CCCCCCC/C=C\C/C=C\CCC. The topological polar surface area (TPSA) is 237 Å². The number of carbonyl (C=O) groups is 4. The van der Waals surface area contributed by atoms with Gasteiger partial charge < -0.3 is 33.8 Å². The van der Waals surface area contributed by atoms with E-state index in [1.165, 1.54) is 19.3 Å². The standard InChI is InChI=1S/C87H146O17P2/c1-5-9-13-17-21-25-29-33-36-39-40-43-45-49-52-56-60-64-68-72-85(90)98-78-83(104-87(92)74-70-66-62-58-54-50-46-42-38-35-31-27-23-19-15-11-7-3)80-102-106(95,96)100-76-81(88)75-99-105(93,94)101-79-82(103-86(91)73-69-65-61-57-53-47-32-28-24-20-16-12-8-4)77-97-84(89)71-67-63-59-55-51-48-44-41-37-34-30-26-22-18-14-10-6-2/h10-11,14-16,20-23,25-28,32-38,40,43-44,48,81-83,88H,5-9,12-13,17-19,24,29-31,39,41-42,45-47,49-80H2,1-4H3,(H,93,94)(H,95,96)/b14-10-,15-11-,20-16-,25-21-,26-22-,27-23-,32-28-,36-33-,37-34-,38-35-,43-40-,48-44-. The maximum absolute atomic E-state index is 13.1. The van der Waals surface area contributed by atoms with Crippen molar-refractivity contribution >= 4 is 39.5 Å². The van der Waals surface area contributed by atoms with Crippen molar-refractivity contribution in [2.24, 2.45) is 0 Å². The van der Waals surface area contributed by atoms with Crippen LogP contribution < -0.4 is 0 Å². The highest BCUT2D eigenvalue weighted by atomic mass is 31.2. The van der Waals surface area contributed by atoms with Crippen LogP contribution in [0.1, 0.15) is 323 Å². The second-order valence-electron chi connectivity index (χ2n) is 26.9. The normalized spacial score (nSPS) is 14.6. The molecule has 106 heavy (non-hydrogen) atoms. The monoisotopic (exact) mass is 1530 g/mol. The molecule has 0 aliphatic rings. The highest BCUT2D eigenvalue weighted by Gasteiger charge is 2.30. The van der Waals surface area contributed by atoms with Gasteiger partial charge in [0.2, 0.25) is 0 Å². The van der Waals surface area contributed by atoms with E-state index in [0.717, 1.165) is 225 Å². The van der Waals surface area contributed by atoms with E-state index in [2.05, 4.69) is 174 Å². The number of phosphoric ester groups is 2. The quantitative estimate of drug-likeness (QED) is 0.0169. The van der Waals surface area contributed by atoms with E-state index in [9.17, 15) is 43.2 Å². The van der Waals surface area contributed by atoms with E-state index < -0.39 is 97.5 Å². The van der Waals surface area contributed by atoms with Gasteiger partial charge in [0.1, 0.15) is 19.3 Å². The number of esters is 4. The first-order valence-corrected chi connectivity index (χ1v) is 44.1. The minimum Gasteiger partial charge on any atom is -0.462 e. The average molecular weight is 1530 g/mol. The molecule has 5 atom stereocenters. The molecule has 0 heterocycles. The second kappa shape index (κ2) is 78.1. The van der Waals surface area contributed by atoms with Crippen molar-refractivity contribution in [2.75, 3.05) is 39.6 Å². The van der Waals surface area contributed by atoms with Gasteiger partial charge in [-0.15, -0.1) is 0 Å². The summed E-state index contributed by atoms with van der Waals surface area (Å²) in [6.07, 6.45) is 89.5. The Labute approximate surface area is 643 Å². The molecule has 606 valence electrons. The largest absolute Gasteiger partial charge is 0.472 e. The summed E-state index contributed by atoms with van der Waals surface area (Å²) in [6, 6.07) is 0. The zero-order chi connectivity index (χ0) is 77.4. The van der Waals surface area contributed by atoms with Gasteiger partial charge in [-0.2, -0.15) is 0 Å². The van der Waals surface area contributed by atoms with Gasteiger partial charge in [-0.3, -0.25) is 37.3 Å². The summed E-state index contributed by atoms with van der Waals surface area (Å²) in [4.78, 5) is 73.1. The minimum atomic E-state index is -4.99. The zero-order valence-corrected chi connectivity index (χ0v) is 68.1. The van der Waals surface area contributed by atoms with Crippen molar-refractivity contribution in [3.63, 3.8) is 0 Å². The molecular weight excluding hydrogens is 1380 g/mol. The van der Waals surface area contributed by atoms with E-state index in [0.29, 0.717) is 25.7 Å². The third-order valence-electron chi connectivity index (χ3n) is 16.7. The van der Waals surface area contributed by atoms with E-state index in [1.54, 1.807) is 0 Å². The Bertz CT molecular complexity index is 2580. The Morgan fingerprint density at radius 1 is 0.274 bits per heavy atom. The molecule has 0 aliphatic heterocycles. The van der Waals surface area contributed by atoms with E-state index >= 15 is 0 Å². The Morgan fingerprint density at radius 3 is 0.792 bits per heavy atom. The summed E-state index contributed by atoms with van der Waals surface area (Å²) >= 11 is 0. The molecule has 0 saturated heterocycles. The van der Waals surface area contributed by atoms with Gasteiger partial charge in [-0.25, -0.2) is 9.13 Å². The minimum absolute atomic E-state index is 0.0691. The number of hydrogen-bond acceptors (Lipinski definition) is 15. The highest BCUT2D eigenvalue weighted by Crippen LogP contribution is 2.45. The summed E-state index contributed by atoms with van der Waals surface area (Å²) in [6.45, 7) is 4.51. The Morgan fingerprint density at radius 2 is 0.509 bits per heavy atom. The number of aliphatic hydroxyl groups is 1. The fourth-order valence-electron chi connectivity index (χ4n) is 10.6. The number of ether oxygens (including phenoxy) is 4. The summed E-state index contributed by atoms with van der Waals surface area (Å²) in [5, 5.41) is 10.7. The van der Waals surface area contributed by atoms with Crippen LogP contribution in [-0.2, 0) is 65.4 Å². The molecule has 0 spiro atoms. The molecule has 5 unspecified atom stereocenters. The third kappa shape index (κ3) is 77.1. The summed E-state index contributed by atoms with van der Waals surface area (Å²) in [7, 11) is -9.99. The molecule has 0 fully saturated rings. The van der Waals surface area contributed by atoms with Crippen LogP contribution in [0.15, 0.2) is 146 Å². The number of allylic oxidation sites excluding steroid dienone is 24. The molecular formula is C87H146O17P2. The smallest absolute Gasteiger partial charge is 0.462 e. The average Bonchev–Trinajstić information content (AvgIpc) is 0.937. The van der Waals surface area contributed by atoms with Crippen molar-refractivity contribution < 1.29 is 80.2 Å². The van der Waals surface area contributed by atoms with Gasteiger partial charge in [-0.1, -0.05) is 283 Å². The molecule has 0 aromatic heterocycles. The first-order chi connectivity index (χ1) is 51.7. The maximum atomic E-state index is 13.1. The van der Waals surface area contributed by atoms with Gasteiger partial charge in [0.15, 0.2) is 12.2 Å². The lowest BCUT2D eigenvalue weighted by molar-refractivity contribution is -0.161. The number of aliphatic hydroxyl groups excluding tert-OH is 1. The Balaban J connectivity index is 5.41. The molecule has 0 aromatic carbocycles. The Kier molecular flexibility index (Phi) is 74.3. The van der Waals surface area contributed by atoms with E-state index in [-0.39, 0.29) is 25.7 Å². The zero-order valence-electron chi connectivity index (χ0n) is 66.3. The first kappa shape index (κ1) is 101. The fourth-order valence-corrected chi connectivity index (χ4v) is 12.1. The van der Waals surface area contributed by atoms with Crippen LogP contribution in [0.2, 0.25) is 0 Å². The van der Waals surface area contributed by atoms with Crippen molar-refractivity contribution in [1.29, 1.82) is 0 Å². The first-order valence-electron chi connectivity index (χ1n) is 41.1. The number of rotatable bonds is 76. The fraction of sp³-hybridized carbons (Fsp3) is 0.678. The maximum Gasteiger partial charge on any atom is 0.472 e. The van der Waals surface area contributed by atoms with Gasteiger partial charge in [0, 0.05) is 25.7 Å². The lowest BCUT2D eigenvalue weighted by Crippen LogP contribution is -2.30. The molecule has 0 aromatic rings. The van der Waals surface area contributed by atoms with Crippen LogP contribution in [-0.4, -0.2) is 96.7 Å². The highest BCUT2D eigenvalue weighted by molar-refractivity contribution is 7.47. The number of hydrogen-bond donors (Lipinski definition) is 3. The van der Waals surface area contributed by atoms with Gasteiger partial charge in [0.25, 0.3) is 0 Å². The molecule has 17 nitrogen and oxygen atoms in total. The van der Waals surface area contributed by atoms with E-state index in [1.807, 2.05) is 0 Å². The van der Waals surface area contributed by atoms with Crippen LogP contribution in [0.3, 0.4) is 0 Å². The molecule has 0 rings (SSSR count). The third-order valence-corrected chi connectivity index (χ3v) is 18.7. The van der Waals surface area contributed by atoms with E-state index in [4.69, 9.17) is 37.0 Å². The number of carbonyl (C=O) groups excluding carboxylic acids is 4. The van der Waals surface area contributed by atoms with Gasteiger partial charge in [0.05, 0.1) is 26.4 Å². The molecule has 0 saturated carbocycles. The van der Waals surface area contributed by atoms with Crippen molar-refractivity contribution in [3.05, 3.63) is 146 Å². The molecule has 0 amide bonds. The molecule has 0 radical (unpaired) electrons. The predicted molar refractivity (Wildman–Crippen MR) is 436 cm³/mol. The van der Waals surface area contributed by atoms with Crippen LogP contribution in [0.4, 0.5) is 0 Å². The lowest BCUT2D eigenvalue weighted by atomic mass is 10.1. The summed E-state index contributed by atoms with van der Waals surface area (Å²) in [5.74, 6) is -2.24. The summed E-state index contributed by atoms with van der Waals surface area (Å²) < 4.78 is 68.7. The second-order valence-corrected chi connectivity index (χ2v) is 29.8.